The lowest BCUT2D eigenvalue weighted by atomic mass is 10.2. The van der Waals surface area contributed by atoms with Gasteiger partial charge in [0.1, 0.15) is 5.76 Å². The van der Waals surface area contributed by atoms with Gasteiger partial charge in [0.05, 0.1) is 11.8 Å². The third-order valence-electron chi connectivity index (χ3n) is 2.21. The second kappa shape index (κ2) is 4.23. The summed E-state index contributed by atoms with van der Waals surface area (Å²) in [6.07, 6.45) is 4.16. The van der Waals surface area contributed by atoms with Gasteiger partial charge in [0.15, 0.2) is 5.82 Å². The van der Waals surface area contributed by atoms with Gasteiger partial charge >= 0.3 is 0 Å². The van der Waals surface area contributed by atoms with Crippen molar-refractivity contribution in [3.05, 3.63) is 36.0 Å². The Balaban J connectivity index is 2.37. The highest BCUT2D eigenvalue weighted by Gasteiger charge is 2.07. The molecule has 2 aromatic rings. The van der Waals surface area contributed by atoms with E-state index >= 15 is 0 Å². The average molecular weight is 203 g/mol. The third kappa shape index (κ3) is 2.05. The van der Waals surface area contributed by atoms with Gasteiger partial charge in [-0.25, -0.2) is 9.97 Å². The summed E-state index contributed by atoms with van der Waals surface area (Å²) in [6, 6.07) is 3.75. The summed E-state index contributed by atoms with van der Waals surface area (Å²) >= 11 is 0. The number of nitrogens with zero attached hydrogens (tertiary/aromatic N) is 2. The molecule has 2 N–H and O–H groups in total. The van der Waals surface area contributed by atoms with E-state index in [1.807, 2.05) is 19.1 Å². The van der Waals surface area contributed by atoms with Crippen molar-refractivity contribution < 1.29 is 4.42 Å². The molecule has 15 heavy (non-hydrogen) atoms. The van der Waals surface area contributed by atoms with Crippen LogP contribution < -0.4 is 5.73 Å². The molecular weight excluding hydrogens is 190 g/mol. The van der Waals surface area contributed by atoms with Gasteiger partial charge in [0.2, 0.25) is 0 Å². The van der Waals surface area contributed by atoms with Crippen LogP contribution in [0.1, 0.15) is 11.5 Å². The van der Waals surface area contributed by atoms with Gasteiger partial charge in [0, 0.05) is 18.3 Å². The number of hydrogen-bond acceptors (Lipinski definition) is 4. The summed E-state index contributed by atoms with van der Waals surface area (Å²) in [7, 11) is 0. The molecule has 0 bridgehead atoms. The lowest BCUT2D eigenvalue weighted by Gasteiger charge is -2.01. The highest BCUT2D eigenvalue weighted by molar-refractivity contribution is 5.56. The lowest BCUT2D eigenvalue weighted by molar-refractivity contribution is 0.535. The second-order valence-corrected chi connectivity index (χ2v) is 3.30. The quantitative estimate of drug-likeness (QED) is 0.821. The SMILES string of the molecule is Cc1occc1-c1nccc(CCN)n1. The fraction of sp³-hybridized carbons (Fsp3) is 0.273. The van der Waals surface area contributed by atoms with E-state index in [0.29, 0.717) is 12.4 Å². The summed E-state index contributed by atoms with van der Waals surface area (Å²) in [5.74, 6) is 1.53. The summed E-state index contributed by atoms with van der Waals surface area (Å²) in [6.45, 7) is 2.50. The number of furan rings is 1. The van der Waals surface area contributed by atoms with E-state index in [0.717, 1.165) is 23.4 Å². The Morgan fingerprint density at radius 2 is 2.27 bits per heavy atom. The fourth-order valence-corrected chi connectivity index (χ4v) is 1.43. The first-order chi connectivity index (χ1) is 7.31. The van der Waals surface area contributed by atoms with Crippen LogP contribution >= 0.6 is 0 Å². The van der Waals surface area contributed by atoms with Gasteiger partial charge in [-0.15, -0.1) is 0 Å². The molecular formula is C11H13N3O. The Kier molecular flexibility index (Phi) is 2.78. The zero-order valence-corrected chi connectivity index (χ0v) is 8.60. The maximum atomic E-state index is 5.48. The smallest absolute Gasteiger partial charge is 0.162 e. The normalized spacial score (nSPS) is 10.5. The van der Waals surface area contributed by atoms with Crippen molar-refractivity contribution in [1.29, 1.82) is 0 Å². The molecule has 2 aromatic heterocycles. The zero-order valence-electron chi connectivity index (χ0n) is 8.60. The van der Waals surface area contributed by atoms with Crippen molar-refractivity contribution in [3.8, 4) is 11.4 Å². The minimum Gasteiger partial charge on any atom is -0.469 e. The van der Waals surface area contributed by atoms with Gasteiger partial charge in [-0.05, 0) is 25.6 Å². The summed E-state index contributed by atoms with van der Waals surface area (Å²) in [5.41, 5.74) is 7.38. The Labute approximate surface area is 88.2 Å². The van der Waals surface area contributed by atoms with Crippen LogP contribution in [-0.4, -0.2) is 16.5 Å². The van der Waals surface area contributed by atoms with Gasteiger partial charge in [-0.2, -0.15) is 0 Å². The van der Waals surface area contributed by atoms with Gasteiger partial charge < -0.3 is 10.2 Å². The minimum absolute atomic E-state index is 0.598. The van der Waals surface area contributed by atoms with E-state index in [1.165, 1.54) is 0 Å². The van der Waals surface area contributed by atoms with E-state index < -0.39 is 0 Å². The van der Waals surface area contributed by atoms with Crippen LogP contribution in [-0.2, 0) is 6.42 Å². The number of rotatable bonds is 3. The largest absolute Gasteiger partial charge is 0.469 e. The van der Waals surface area contributed by atoms with E-state index in [1.54, 1.807) is 12.5 Å². The molecule has 78 valence electrons. The molecule has 2 rings (SSSR count). The van der Waals surface area contributed by atoms with Crippen LogP contribution in [0.15, 0.2) is 29.0 Å². The molecule has 0 radical (unpaired) electrons. The Morgan fingerprint density at radius 1 is 1.40 bits per heavy atom. The van der Waals surface area contributed by atoms with Crippen molar-refractivity contribution in [3.63, 3.8) is 0 Å². The van der Waals surface area contributed by atoms with Crippen molar-refractivity contribution >= 4 is 0 Å². The molecule has 0 aliphatic carbocycles. The highest BCUT2D eigenvalue weighted by Crippen LogP contribution is 2.20. The molecule has 0 atom stereocenters. The first-order valence-electron chi connectivity index (χ1n) is 4.87. The third-order valence-corrected chi connectivity index (χ3v) is 2.21. The van der Waals surface area contributed by atoms with Gasteiger partial charge in [0.25, 0.3) is 0 Å². The molecule has 0 amide bonds. The molecule has 0 aromatic carbocycles. The molecule has 2 heterocycles. The van der Waals surface area contributed by atoms with Crippen LogP contribution in [0.3, 0.4) is 0 Å². The number of aromatic nitrogens is 2. The minimum atomic E-state index is 0.598. The molecule has 0 saturated carbocycles. The van der Waals surface area contributed by atoms with Crippen LogP contribution in [0.2, 0.25) is 0 Å². The lowest BCUT2D eigenvalue weighted by Crippen LogP contribution is -2.05. The van der Waals surface area contributed by atoms with Crippen LogP contribution in [0.4, 0.5) is 0 Å². The molecule has 0 saturated heterocycles. The van der Waals surface area contributed by atoms with Crippen LogP contribution in [0.5, 0.6) is 0 Å². The Bertz CT molecular complexity index is 451. The van der Waals surface area contributed by atoms with Crippen molar-refractivity contribution in [2.75, 3.05) is 6.54 Å². The predicted octanol–water partition coefficient (Wildman–Crippen LogP) is 1.55. The van der Waals surface area contributed by atoms with Crippen molar-refractivity contribution in [1.82, 2.24) is 9.97 Å². The van der Waals surface area contributed by atoms with E-state index in [2.05, 4.69) is 9.97 Å². The maximum Gasteiger partial charge on any atom is 0.162 e. The first kappa shape index (κ1) is 9.86. The summed E-state index contributed by atoms with van der Waals surface area (Å²) in [5, 5.41) is 0. The highest BCUT2D eigenvalue weighted by atomic mass is 16.3. The molecule has 4 nitrogen and oxygen atoms in total. The van der Waals surface area contributed by atoms with Crippen LogP contribution in [0.25, 0.3) is 11.4 Å². The van der Waals surface area contributed by atoms with Crippen molar-refractivity contribution in [2.45, 2.75) is 13.3 Å². The standard InChI is InChI=1S/C11H13N3O/c1-8-10(4-7-15-8)11-13-6-3-9(14-11)2-5-12/h3-4,6-7H,2,5,12H2,1H3. The van der Waals surface area contributed by atoms with Gasteiger partial charge in [-0.1, -0.05) is 0 Å². The van der Waals surface area contributed by atoms with E-state index in [9.17, 15) is 0 Å². The van der Waals surface area contributed by atoms with E-state index in [-0.39, 0.29) is 0 Å². The predicted molar refractivity (Wildman–Crippen MR) is 57.2 cm³/mol. The summed E-state index contributed by atoms with van der Waals surface area (Å²) in [4.78, 5) is 8.63. The average Bonchev–Trinajstić information content (AvgIpc) is 2.65. The Hall–Kier alpha value is -1.68. The zero-order chi connectivity index (χ0) is 10.7. The molecule has 4 heteroatoms. The van der Waals surface area contributed by atoms with Crippen LogP contribution in [0, 0.1) is 6.92 Å². The maximum absolute atomic E-state index is 5.48. The summed E-state index contributed by atoms with van der Waals surface area (Å²) < 4.78 is 5.21. The molecule has 0 aliphatic rings. The van der Waals surface area contributed by atoms with Crippen molar-refractivity contribution in [2.24, 2.45) is 5.73 Å². The number of aryl methyl sites for hydroxylation is 1. The molecule has 0 aliphatic heterocycles. The number of hydrogen-bond donors (Lipinski definition) is 1. The van der Waals surface area contributed by atoms with E-state index in [4.69, 9.17) is 10.2 Å². The number of nitrogens with two attached hydrogens (primary N) is 1. The monoisotopic (exact) mass is 203 g/mol. The fourth-order valence-electron chi connectivity index (χ4n) is 1.43. The topological polar surface area (TPSA) is 64.9 Å². The molecule has 0 unspecified atom stereocenters. The Morgan fingerprint density at radius 3 is 2.93 bits per heavy atom. The molecule has 0 fully saturated rings. The van der Waals surface area contributed by atoms with Gasteiger partial charge in [-0.3, -0.25) is 0 Å². The first-order valence-corrected chi connectivity index (χ1v) is 4.87. The second-order valence-electron chi connectivity index (χ2n) is 3.30. The molecule has 0 spiro atoms.